The zero-order chi connectivity index (χ0) is 15.6. The van der Waals surface area contributed by atoms with Crippen LogP contribution in [0.25, 0.3) is 0 Å². The Morgan fingerprint density at radius 2 is 1.95 bits per heavy atom. The van der Waals surface area contributed by atoms with Crippen molar-refractivity contribution in [2.24, 2.45) is 0 Å². The second-order valence-electron chi connectivity index (χ2n) is 5.02. The van der Waals surface area contributed by atoms with E-state index in [9.17, 15) is 14.7 Å². The number of carboxylic acids is 1. The van der Waals surface area contributed by atoms with Crippen LogP contribution in [-0.4, -0.2) is 17.0 Å². The fourth-order valence-corrected chi connectivity index (χ4v) is 2.11. The zero-order valence-corrected chi connectivity index (χ0v) is 12.1. The first-order valence-corrected chi connectivity index (χ1v) is 6.55. The van der Waals surface area contributed by atoms with Gasteiger partial charge in [0.2, 0.25) is 0 Å². The SMILES string of the molecule is Cc1coc(C(=O)NC(C(=O)O)c2cccc(C)c2C)c1. The van der Waals surface area contributed by atoms with E-state index >= 15 is 0 Å². The largest absolute Gasteiger partial charge is 0.479 e. The second kappa shape index (κ2) is 5.83. The molecule has 1 amide bonds. The average molecular weight is 287 g/mol. The molecule has 1 aromatic heterocycles. The highest BCUT2D eigenvalue weighted by Gasteiger charge is 2.25. The van der Waals surface area contributed by atoms with E-state index in [0.717, 1.165) is 16.7 Å². The summed E-state index contributed by atoms with van der Waals surface area (Å²) in [6, 6.07) is 5.83. The van der Waals surface area contributed by atoms with Crippen LogP contribution in [0.2, 0.25) is 0 Å². The summed E-state index contributed by atoms with van der Waals surface area (Å²) in [7, 11) is 0. The molecule has 0 spiro atoms. The van der Waals surface area contributed by atoms with Crippen molar-refractivity contribution < 1.29 is 19.1 Å². The number of carboxylic acid groups (broad SMARTS) is 1. The lowest BCUT2D eigenvalue weighted by atomic mass is 9.97. The van der Waals surface area contributed by atoms with Gasteiger partial charge in [-0.05, 0) is 49.1 Å². The minimum Gasteiger partial charge on any atom is -0.479 e. The summed E-state index contributed by atoms with van der Waals surface area (Å²) in [5, 5.41) is 11.9. The van der Waals surface area contributed by atoms with E-state index in [-0.39, 0.29) is 5.76 Å². The highest BCUT2D eigenvalue weighted by atomic mass is 16.4. The molecule has 0 aliphatic carbocycles. The monoisotopic (exact) mass is 287 g/mol. The van der Waals surface area contributed by atoms with Crippen molar-refractivity contribution in [1.29, 1.82) is 0 Å². The highest BCUT2D eigenvalue weighted by molar-refractivity contribution is 5.94. The third-order valence-electron chi connectivity index (χ3n) is 3.43. The van der Waals surface area contributed by atoms with Crippen molar-refractivity contribution in [3.63, 3.8) is 0 Å². The number of furan rings is 1. The summed E-state index contributed by atoms with van der Waals surface area (Å²) >= 11 is 0. The molecule has 0 bridgehead atoms. The van der Waals surface area contributed by atoms with Gasteiger partial charge in [-0.3, -0.25) is 4.79 Å². The third kappa shape index (κ3) is 3.13. The number of aliphatic carboxylic acids is 1. The van der Waals surface area contributed by atoms with Gasteiger partial charge in [0.1, 0.15) is 0 Å². The number of benzene rings is 1. The smallest absolute Gasteiger partial charge is 0.330 e. The molecule has 110 valence electrons. The summed E-state index contributed by atoms with van der Waals surface area (Å²) in [6.07, 6.45) is 1.45. The van der Waals surface area contributed by atoms with Gasteiger partial charge < -0.3 is 14.8 Å². The Labute approximate surface area is 122 Å². The van der Waals surface area contributed by atoms with E-state index in [4.69, 9.17) is 4.42 Å². The standard InChI is InChI=1S/C16H17NO4/c1-9-7-13(21-8-9)15(18)17-14(16(19)20)12-6-4-5-10(2)11(12)3/h4-8,14H,1-3H3,(H,17,18)(H,19,20). The fourth-order valence-electron chi connectivity index (χ4n) is 2.11. The zero-order valence-electron chi connectivity index (χ0n) is 12.1. The molecule has 1 unspecified atom stereocenters. The van der Waals surface area contributed by atoms with Crippen LogP contribution in [0.5, 0.6) is 0 Å². The molecule has 1 aromatic carbocycles. The van der Waals surface area contributed by atoms with E-state index in [1.807, 2.05) is 19.9 Å². The van der Waals surface area contributed by atoms with Crippen LogP contribution in [0.4, 0.5) is 0 Å². The number of nitrogens with one attached hydrogen (secondary N) is 1. The van der Waals surface area contributed by atoms with Gasteiger partial charge in [0.25, 0.3) is 5.91 Å². The van der Waals surface area contributed by atoms with Crippen LogP contribution in [-0.2, 0) is 4.79 Å². The molecule has 0 radical (unpaired) electrons. The molecule has 5 nitrogen and oxygen atoms in total. The van der Waals surface area contributed by atoms with Gasteiger partial charge in [0.15, 0.2) is 11.8 Å². The van der Waals surface area contributed by atoms with E-state index in [1.54, 1.807) is 25.1 Å². The Hall–Kier alpha value is -2.56. The molecule has 1 heterocycles. The quantitative estimate of drug-likeness (QED) is 0.906. The summed E-state index contributed by atoms with van der Waals surface area (Å²) in [4.78, 5) is 23.6. The Morgan fingerprint density at radius 3 is 2.52 bits per heavy atom. The van der Waals surface area contributed by atoms with E-state index in [1.165, 1.54) is 6.26 Å². The normalized spacial score (nSPS) is 12.0. The maximum atomic E-state index is 12.1. The van der Waals surface area contributed by atoms with Crippen LogP contribution in [0.1, 0.15) is 38.9 Å². The predicted octanol–water partition coefficient (Wildman–Crippen LogP) is 2.76. The molecule has 0 saturated heterocycles. The molecule has 0 aliphatic rings. The highest BCUT2D eigenvalue weighted by Crippen LogP contribution is 2.21. The lowest BCUT2D eigenvalue weighted by Crippen LogP contribution is -2.34. The number of aryl methyl sites for hydroxylation is 2. The molecular formula is C16H17NO4. The van der Waals surface area contributed by atoms with E-state index < -0.39 is 17.9 Å². The van der Waals surface area contributed by atoms with Gasteiger partial charge in [-0.2, -0.15) is 0 Å². The molecule has 5 heteroatoms. The molecule has 1 atom stereocenters. The van der Waals surface area contributed by atoms with Gasteiger partial charge in [-0.1, -0.05) is 18.2 Å². The van der Waals surface area contributed by atoms with Crippen molar-refractivity contribution in [2.75, 3.05) is 0 Å². The summed E-state index contributed by atoms with van der Waals surface area (Å²) in [5.41, 5.74) is 3.19. The maximum Gasteiger partial charge on any atom is 0.330 e. The number of hydrogen-bond acceptors (Lipinski definition) is 3. The summed E-state index contributed by atoms with van der Waals surface area (Å²) in [6.45, 7) is 5.53. The first-order chi connectivity index (χ1) is 9.90. The molecule has 2 aromatic rings. The molecule has 0 saturated carbocycles. The van der Waals surface area contributed by atoms with Crippen molar-refractivity contribution >= 4 is 11.9 Å². The Morgan fingerprint density at radius 1 is 1.24 bits per heavy atom. The van der Waals surface area contributed by atoms with E-state index in [2.05, 4.69) is 5.32 Å². The van der Waals surface area contributed by atoms with Crippen molar-refractivity contribution in [2.45, 2.75) is 26.8 Å². The Balaban J connectivity index is 2.30. The number of amides is 1. The first kappa shape index (κ1) is 14.8. The summed E-state index contributed by atoms with van der Waals surface area (Å²) < 4.78 is 5.09. The minimum absolute atomic E-state index is 0.101. The number of carbonyl (C=O) groups excluding carboxylic acids is 1. The first-order valence-electron chi connectivity index (χ1n) is 6.55. The third-order valence-corrected chi connectivity index (χ3v) is 3.43. The minimum atomic E-state index is -1.11. The van der Waals surface area contributed by atoms with Crippen molar-refractivity contribution in [3.05, 3.63) is 58.5 Å². The van der Waals surface area contributed by atoms with Crippen molar-refractivity contribution in [3.8, 4) is 0 Å². The molecule has 0 aliphatic heterocycles. The Bertz CT molecular complexity index is 687. The van der Waals surface area contributed by atoms with Gasteiger partial charge in [0.05, 0.1) is 6.26 Å². The molecule has 21 heavy (non-hydrogen) atoms. The molecule has 2 N–H and O–H groups in total. The predicted molar refractivity (Wildman–Crippen MR) is 77.2 cm³/mol. The fraction of sp³-hybridized carbons (Fsp3) is 0.250. The van der Waals surface area contributed by atoms with Crippen LogP contribution >= 0.6 is 0 Å². The number of hydrogen-bond donors (Lipinski definition) is 2. The maximum absolute atomic E-state index is 12.1. The van der Waals surface area contributed by atoms with Gasteiger partial charge in [0, 0.05) is 0 Å². The topological polar surface area (TPSA) is 79.5 Å². The van der Waals surface area contributed by atoms with Crippen LogP contribution < -0.4 is 5.32 Å². The lowest BCUT2D eigenvalue weighted by Gasteiger charge is -2.17. The molecule has 0 fully saturated rings. The van der Waals surface area contributed by atoms with Gasteiger partial charge in [-0.25, -0.2) is 4.79 Å². The van der Waals surface area contributed by atoms with Crippen molar-refractivity contribution in [1.82, 2.24) is 5.32 Å². The van der Waals surface area contributed by atoms with Crippen LogP contribution in [0.3, 0.4) is 0 Å². The van der Waals surface area contributed by atoms with Crippen LogP contribution in [0, 0.1) is 20.8 Å². The van der Waals surface area contributed by atoms with E-state index in [0.29, 0.717) is 5.56 Å². The number of rotatable bonds is 4. The Kier molecular flexibility index (Phi) is 4.12. The van der Waals surface area contributed by atoms with Gasteiger partial charge >= 0.3 is 5.97 Å². The second-order valence-corrected chi connectivity index (χ2v) is 5.02. The lowest BCUT2D eigenvalue weighted by molar-refractivity contribution is -0.139. The molecule has 2 rings (SSSR count). The number of carbonyl (C=O) groups is 2. The summed E-state index contributed by atoms with van der Waals surface area (Å²) in [5.74, 6) is -1.55. The van der Waals surface area contributed by atoms with Gasteiger partial charge in [-0.15, -0.1) is 0 Å². The molecular weight excluding hydrogens is 270 g/mol. The average Bonchev–Trinajstić information content (AvgIpc) is 2.86. The van der Waals surface area contributed by atoms with Crippen LogP contribution in [0.15, 0.2) is 34.9 Å².